The van der Waals surface area contributed by atoms with Gasteiger partial charge in [0.1, 0.15) is 0 Å². The Bertz CT molecular complexity index is 257. The van der Waals surface area contributed by atoms with Crippen LogP contribution in [0.5, 0.6) is 0 Å². The molecule has 1 rings (SSSR count). The zero-order valence-electron chi connectivity index (χ0n) is 8.90. The van der Waals surface area contributed by atoms with Crippen molar-refractivity contribution in [3.8, 4) is 0 Å². The smallest absolute Gasteiger partial charge is 0.268 e. The molecule has 0 aromatic carbocycles. The Morgan fingerprint density at radius 2 is 2.00 bits per heavy atom. The van der Waals surface area contributed by atoms with Crippen molar-refractivity contribution >= 4 is 10.1 Å². The average Bonchev–Trinajstić information content (AvgIpc) is 1.98. The van der Waals surface area contributed by atoms with Crippen LogP contribution < -0.4 is 0 Å². The molecule has 0 unspecified atom stereocenters. The van der Waals surface area contributed by atoms with Gasteiger partial charge in [0.2, 0.25) is 0 Å². The van der Waals surface area contributed by atoms with Gasteiger partial charge in [-0.2, -0.15) is 8.42 Å². The third kappa shape index (κ3) is 4.39. The van der Waals surface area contributed by atoms with Gasteiger partial charge in [-0.3, -0.25) is 4.18 Å². The van der Waals surface area contributed by atoms with E-state index in [1.165, 1.54) is 6.42 Å². The lowest BCUT2D eigenvalue weighted by Gasteiger charge is -2.30. The van der Waals surface area contributed by atoms with Gasteiger partial charge in [-0.15, -0.1) is 0 Å². The molecular weight excluding hydrogens is 202 g/mol. The van der Waals surface area contributed by atoms with Crippen LogP contribution in [0, 0.1) is 5.92 Å². The minimum atomic E-state index is -3.29. The van der Waals surface area contributed by atoms with E-state index in [1.54, 1.807) is 0 Å². The van der Waals surface area contributed by atoms with Gasteiger partial charge >= 0.3 is 0 Å². The summed E-state index contributed by atoms with van der Waals surface area (Å²) in [6.45, 7) is 6.83. The number of hydrogen-bond donors (Lipinski definition) is 0. The summed E-state index contributed by atoms with van der Waals surface area (Å²) in [6.07, 6.45) is 1.19. The predicted octanol–water partition coefficient (Wildman–Crippen LogP) is 0.694. The van der Waals surface area contributed by atoms with Gasteiger partial charge in [0, 0.05) is 6.54 Å². The van der Waals surface area contributed by atoms with Gasteiger partial charge in [-0.05, 0) is 25.4 Å². The molecule has 1 saturated heterocycles. The molecule has 0 radical (unpaired) electrons. The summed E-state index contributed by atoms with van der Waals surface area (Å²) in [7, 11) is -3.29. The van der Waals surface area contributed by atoms with Gasteiger partial charge in [-0.25, -0.2) is 0 Å². The molecule has 1 aliphatic heterocycles. The van der Waals surface area contributed by atoms with E-state index in [9.17, 15) is 8.42 Å². The largest absolute Gasteiger partial charge is 0.302 e. The van der Waals surface area contributed by atoms with Crippen molar-refractivity contribution in [3.63, 3.8) is 0 Å². The van der Waals surface area contributed by atoms with Gasteiger partial charge < -0.3 is 4.90 Å². The van der Waals surface area contributed by atoms with Crippen LogP contribution >= 0.6 is 0 Å². The maximum atomic E-state index is 11.3. The van der Waals surface area contributed by atoms with E-state index in [-0.39, 0.29) is 11.7 Å². The average molecular weight is 221 g/mol. The van der Waals surface area contributed by atoms with E-state index in [1.807, 2.05) is 13.8 Å². The summed E-state index contributed by atoms with van der Waals surface area (Å²) in [5.41, 5.74) is 0. The Labute approximate surface area is 86.4 Å². The quantitative estimate of drug-likeness (QED) is 0.619. The molecule has 0 aromatic heterocycles. The second kappa shape index (κ2) is 5.09. The second-order valence-electron chi connectivity index (χ2n) is 4.14. The van der Waals surface area contributed by atoms with E-state index >= 15 is 0 Å². The van der Waals surface area contributed by atoms with E-state index in [4.69, 9.17) is 4.18 Å². The summed E-state index contributed by atoms with van der Waals surface area (Å²) < 4.78 is 27.5. The summed E-state index contributed by atoms with van der Waals surface area (Å²) >= 11 is 0. The second-order valence-corrected chi connectivity index (χ2v) is 5.89. The Morgan fingerprint density at radius 1 is 1.36 bits per heavy atom. The normalized spacial score (nSPS) is 18.5. The van der Waals surface area contributed by atoms with E-state index in [0.717, 1.165) is 13.1 Å². The van der Waals surface area contributed by atoms with Crippen molar-refractivity contribution in [2.24, 2.45) is 5.92 Å². The predicted molar refractivity (Wildman–Crippen MR) is 55.6 cm³/mol. The molecule has 0 saturated carbocycles. The fourth-order valence-corrected chi connectivity index (χ4v) is 2.22. The van der Waals surface area contributed by atoms with Crippen LogP contribution in [0.15, 0.2) is 0 Å². The molecule has 0 bridgehead atoms. The van der Waals surface area contributed by atoms with Crippen LogP contribution in [-0.4, -0.2) is 45.3 Å². The fraction of sp³-hybridized carbons (Fsp3) is 1.00. The summed E-state index contributed by atoms with van der Waals surface area (Å²) in [6, 6.07) is 0. The lowest BCUT2D eigenvalue weighted by atomic mass is 10.2. The Kier molecular flexibility index (Phi) is 4.34. The van der Waals surface area contributed by atoms with Crippen molar-refractivity contribution in [2.45, 2.75) is 20.3 Å². The molecule has 1 aliphatic rings. The van der Waals surface area contributed by atoms with Crippen molar-refractivity contribution in [2.75, 3.05) is 32.0 Å². The summed E-state index contributed by atoms with van der Waals surface area (Å²) in [5.74, 6) is 0.383. The minimum absolute atomic E-state index is 0.125. The zero-order chi connectivity index (χ0) is 10.6. The zero-order valence-corrected chi connectivity index (χ0v) is 9.72. The molecule has 0 aliphatic carbocycles. The first kappa shape index (κ1) is 11.9. The molecule has 0 N–H and O–H groups in total. The summed E-state index contributed by atoms with van der Waals surface area (Å²) in [4.78, 5) is 2.12. The third-order valence-electron chi connectivity index (χ3n) is 2.19. The number of nitrogens with zero attached hydrogens (tertiary/aromatic N) is 1. The lowest BCUT2D eigenvalue weighted by molar-refractivity contribution is 0.190. The molecule has 0 amide bonds. The molecule has 1 fully saturated rings. The van der Waals surface area contributed by atoms with E-state index < -0.39 is 10.1 Å². The van der Waals surface area contributed by atoms with Crippen molar-refractivity contribution in [1.82, 2.24) is 4.90 Å². The number of likely N-dealkylation sites (tertiary alicyclic amines) is 1. The van der Waals surface area contributed by atoms with Crippen LogP contribution in [0.2, 0.25) is 0 Å². The Hall–Kier alpha value is -0.130. The molecular formula is C9H19NO3S. The third-order valence-corrected chi connectivity index (χ3v) is 3.36. The summed E-state index contributed by atoms with van der Waals surface area (Å²) in [5, 5.41) is 0. The molecule has 0 atom stereocenters. The van der Waals surface area contributed by atoms with Crippen molar-refractivity contribution < 1.29 is 12.6 Å². The Morgan fingerprint density at radius 3 is 2.43 bits per heavy atom. The first-order chi connectivity index (χ1) is 6.49. The van der Waals surface area contributed by atoms with Gasteiger partial charge in [0.05, 0.1) is 12.4 Å². The molecule has 0 aromatic rings. The number of rotatable bonds is 6. The van der Waals surface area contributed by atoms with Crippen molar-refractivity contribution in [1.29, 1.82) is 0 Å². The van der Waals surface area contributed by atoms with Gasteiger partial charge in [0.15, 0.2) is 0 Å². The maximum absolute atomic E-state index is 11.3. The van der Waals surface area contributed by atoms with Crippen LogP contribution in [0.25, 0.3) is 0 Å². The van der Waals surface area contributed by atoms with Crippen LogP contribution in [0.3, 0.4) is 0 Å². The fourth-order valence-electron chi connectivity index (χ4n) is 1.14. The molecule has 4 nitrogen and oxygen atoms in total. The van der Waals surface area contributed by atoms with Crippen LogP contribution in [0.1, 0.15) is 20.3 Å². The number of hydrogen-bond acceptors (Lipinski definition) is 4. The SMILES string of the molecule is CC(C)COS(=O)(=O)CCN1CCC1. The molecule has 5 heteroatoms. The van der Waals surface area contributed by atoms with E-state index in [0.29, 0.717) is 13.2 Å². The first-order valence-electron chi connectivity index (χ1n) is 5.09. The maximum Gasteiger partial charge on any atom is 0.268 e. The van der Waals surface area contributed by atoms with E-state index in [2.05, 4.69) is 4.90 Å². The van der Waals surface area contributed by atoms with Gasteiger partial charge in [0.25, 0.3) is 10.1 Å². The highest BCUT2D eigenvalue weighted by Gasteiger charge is 2.18. The highest BCUT2D eigenvalue weighted by molar-refractivity contribution is 7.86. The molecule has 84 valence electrons. The van der Waals surface area contributed by atoms with Crippen molar-refractivity contribution in [3.05, 3.63) is 0 Å². The molecule has 1 heterocycles. The Balaban J connectivity index is 2.19. The lowest BCUT2D eigenvalue weighted by Crippen LogP contribution is -2.40. The first-order valence-corrected chi connectivity index (χ1v) is 6.67. The monoisotopic (exact) mass is 221 g/mol. The van der Waals surface area contributed by atoms with Crippen LogP contribution in [0.4, 0.5) is 0 Å². The highest BCUT2D eigenvalue weighted by Crippen LogP contribution is 2.06. The topological polar surface area (TPSA) is 46.6 Å². The molecule has 14 heavy (non-hydrogen) atoms. The highest BCUT2D eigenvalue weighted by atomic mass is 32.2. The van der Waals surface area contributed by atoms with Gasteiger partial charge in [-0.1, -0.05) is 13.8 Å². The molecule has 0 spiro atoms. The standard InChI is InChI=1S/C9H19NO3S/c1-9(2)8-13-14(11,12)7-6-10-4-3-5-10/h9H,3-8H2,1-2H3. The minimum Gasteiger partial charge on any atom is -0.302 e. The van der Waals surface area contributed by atoms with Crippen LogP contribution in [-0.2, 0) is 14.3 Å².